The molecule has 0 amide bonds. The second-order valence-electron chi connectivity index (χ2n) is 8.41. The molecular formula is C20H32O3. The van der Waals surface area contributed by atoms with Gasteiger partial charge in [-0.05, 0) is 54.8 Å². The van der Waals surface area contributed by atoms with Gasteiger partial charge in [0.25, 0.3) is 0 Å². The van der Waals surface area contributed by atoms with E-state index in [0.717, 1.165) is 12.8 Å². The van der Waals surface area contributed by atoms with Gasteiger partial charge in [0, 0.05) is 5.57 Å². The smallest absolute Gasteiger partial charge is 0.148 e. The lowest BCUT2D eigenvalue weighted by Gasteiger charge is -2.58. The number of hydrogen-bond acceptors (Lipinski definition) is 3. The van der Waals surface area contributed by atoms with Crippen molar-refractivity contribution in [3.8, 4) is 0 Å². The summed E-state index contributed by atoms with van der Waals surface area (Å²) < 4.78 is 0. The summed E-state index contributed by atoms with van der Waals surface area (Å²) in [6.07, 6.45) is 7.63. The highest BCUT2D eigenvalue weighted by Crippen LogP contribution is 2.61. The maximum absolute atomic E-state index is 11.2. The van der Waals surface area contributed by atoms with Crippen LogP contribution in [0.25, 0.3) is 0 Å². The molecule has 2 aliphatic rings. The Morgan fingerprint density at radius 1 is 1.39 bits per heavy atom. The molecular weight excluding hydrogens is 288 g/mol. The number of aliphatic hydroxyl groups is 2. The molecule has 0 spiro atoms. The molecule has 3 nitrogen and oxygen atoms in total. The molecule has 0 bridgehead atoms. The number of aldehydes is 1. The van der Waals surface area contributed by atoms with E-state index in [4.69, 9.17) is 5.11 Å². The third-order valence-corrected chi connectivity index (χ3v) is 6.63. The van der Waals surface area contributed by atoms with Crippen LogP contribution in [-0.4, -0.2) is 29.2 Å². The molecule has 2 N–H and O–H groups in total. The van der Waals surface area contributed by atoms with Gasteiger partial charge < -0.3 is 10.2 Å². The number of rotatable bonds is 5. The molecule has 23 heavy (non-hydrogen) atoms. The monoisotopic (exact) mass is 320 g/mol. The Hall–Kier alpha value is -0.930. The average molecular weight is 320 g/mol. The molecule has 3 heteroatoms. The van der Waals surface area contributed by atoms with Crippen LogP contribution in [0.2, 0.25) is 0 Å². The predicted octanol–water partition coefficient (Wildman–Crippen LogP) is 3.65. The van der Waals surface area contributed by atoms with Crippen molar-refractivity contribution < 1.29 is 15.0 Å². The Balaban J connectivity index is 2.26. The number of allylic oxidation sites excluding steroid dienone is 1. The second-order valence-corrected chi connectivity index (χ2v) is 8.41. The number of hydrogen-bond donors (Lipinski definition) is 2. The molecule has 0 radical (unpaired) electrons. The minimum atomic E-state index is -0.818. The summed E-state index contributed by atoms with van der Waals surface area (Å²) in [5, 5.41) is 19.5. The fourth-order valence-electron chi connectivity index (χ4n) is 5.44. The summed E-state index contributed by atoms with van der Waals surface area (Å²) in [6, 6.07) is 0. The topological polar surface area (TPSA) is 57.5 Å². The molecule has 2 fully saturated rings. The van der Waals surface area contributed by atoms with Crippen molar-refractivity contribution in [3.05, 3.63) is 23.8 Å². The Labute approximate surface area is 140 Å². The number of carbonyl (C=O) groups excluding carboxylic acids is 1. The van der Waals surface area contributed by atoms with Crippen LogP contribution in [-0.2, 0) is 4.79 Å². The molecule has 0 aromatic carbocycles. The van der Waals surface area contributed by atoms with E-state index in [0.29, 0.717) is 29.6 Å². The minimum absolute atomic E-state index is 0.144. The Morgan fingerprint density at radius 3 is 2.70 bits per heavy atom. The van der Waals surface area contributed by atoms with Gasteiger partial charge in [-0.1, -0.05) is 45.4 Å². The van der Waals surface area contributed by atoms with E-state index in [9.17, 15) is 9.90 Å². The zero-order chi connectivity index (χ0) is 17.3. The fraction of sp³-hybridized carbons (Fsp3) is 0.750. The molecule has 0 saturated heterocycles. The highest BCUT2D eigenvalue weighted by molar-refractivity contribution is 5.74. The van der Waals surface area contributed by atoms with Gasteiger partial charge in [-0.15, -0.1) is 0 Å². The van der Waals surface area contributed by atoms with Gasteiger partial charge in [-0.25, -0.2) is 0 Å². The fourth-order valence-corrected chi connectivity index (χ4v) is 5.44. The first-order valence-corrected chi connectivity index (χ1v) is 8.88. The third kappa shape index (κ3) is 3.46. The van der Waals surface area contributed by atoms with Crippen LogP contribution in [0.3, 0.4) is 0 Å². The summed E-state index contributed by atoms with van der Waals surface area (Å²) in [4.78, 5) is 11.2. The van der Waals surface area contributed by atoms with Crippen LogP contribution in [0.5, 0.6) is 0 Å². The lowest BCUT2D eigenvalue weighted by Crippen LogP contribution is -2.50. The molecule has 0 heterocycles. The average Bonchev–Trinajstić information content (AvgIpc) is 2.47. The van der Waals surface area contributed by atoms with Gasteiger partial charge in [-0.2, -0.15) is 0 Å². The summed E-state index contributed by atoms with van der Waals surface area (Å²) in [6.45, 7) is 11.2. The van der Waals surface area contributed by atoms with Crippen molar-refractivity contribution in [1.82, 2.24) is 0 Å². The molecule has 2 aliphatic carbocycles. The molecule has 1 unspecified atom stereocenters. The summed E-state index contributed by atoms with van der Waals surface area (Å²) >= 11 is 0. The van der Waals surface area contributed by atoms with Gasteiger partial charge >= 0.3 is 0 Å². The Kier molecular flexibility index (Phi) is 5.52. The predicted molar refractivity (Wildman–Crippen MR) is 92.9 cm³/mol. The van der Waals surface area contributed by atoms with E-state index in [-0.39, 0.29) is 17.9 Å². The van der Waals surface area contributed by atoms with E-state index in [2.05, 4.69) is 27.4 Å². The zero-order valence-electron chi connectivity index (χ0n) is 14.8. The number of aliphatic hydroxyl groups excluding tert-OH is 2. The van der Waals surface area contributed by atoms with Crippen molar-refractivity contribution in [2.45, 2.75) is 65.4 Å². The summed E-state index contributed by atoms with van der Waals surface area (Å²) in [5.41, 5.74) is 1.98. The molecule has 0 aliphatic heterocycles. The molecule has 0 aromatic rings. The first-order chi connectivity index (χ1) is 10.8. The van der Waals surface area contributed by atoms with Gasteiger partial charge in [0.1, 0.15) is 6.29 Å². The SMILES string of the molecule is C=C1CC[C@H]2C(C)(C)CCC[C@]2(C)[C@H]1CC(O)/C(C=O)=C\CO. The van der Waals surface area contributed by atoms with Crippen molar-refractivity contribution in [3.63, 3.8) is 0 Å². The normalized spacial score (nSPS) is 35.5. The van der Waals surface area contributed by atoms with Crippen molar-refractivity contribution >= 4 is 6.29 Å². The molecule has 4 atom stereocenters. The Morgan fingerprint density at radius 2 is 2.09 bits per heavy atom. The van der Waals surface area contributed by atoms with Crippen LogP contribution in [0.15, 0.2) is 23.8 Å². The van der Waals surface area contributed by atoms with Crippen molar-refractivity contribution in [1.29, 1.82) is 0 Å². The van der Waals surface area contributed by atoms with Crippen LogP contribution >= 0.6 is 0 Å². The molecule has 130 valence electrons. The largest absolute Gasteiger partial charge is 0.392 e. The lowest BCUT2D eigenvalue weighted by atomic mass is 9.47. The molecule has 2 saturated carbocycles. The van der Waals surface area contributed by atoms with Gasteiger partial charge in [-0.3, -0.25) is 4.79 Å². The maximum atomic E-state index is 11.2. The quantitative estimate of drug-likeness (QED) is 0.462. The number of fused-ring (bicyclic) bond motifs is 1. The van der Waals surface area contributed by atoms with Gasteiger partial charge in [0.05, 0.1) is 12.7 Å². The van der Waals surface area contributed by atoms with E-state index in [1.54, 1.807) is 0 Å². The van der Waals surface area contributed by atoms with Gasteiger partial charge in [0.15, 0.2) is 0 Å². The first kappa shape index (κ1) is 18.4. The third-order valence-electron chi connectivity index (χ3n) is 6.63. The van der Waals surface area contributed by atoms with E-state index in [1.165, 1.54) is 30.9 Å². The Bertz CT molecular complexity index is 491. The van der Waals surface area contributed by atoms with Gasteiger partial charge in [0.2, 0.25) is 0 Å². The van der Waals surface area contributed by atoms with Crippen LogP contribution in [0.1, 0.15) is 59.3 Å². The van der Waals surface area contributed by atoms with E-state index < -0.39 is 6.10 Å². The standard InChI is InChI=1S/C20H32O3/c1-14-6-7-18-19(2,3)9-5-10-20(18,4)16(14)12-17(23)15(13-22)8-11-21/h8,13,16-18,21,23H,1,5-7,9-12H2,2-4H3/b15-8-/t16-,17?,18-,20+/m0/s1. The van der Waals surface area contributed by atoms with Crippen molar-refractivity contribution in [2.75, 3.05) is 6.61 Å². The minimum Gasteiger partial charge on any atom is -0.392 e. The first-order valence-electron chi connectivity index (χ1n) is 8.88. The lowest BCUT2D eigenvalue weighted by molar-refractivity contribution is -0.106. The van der Waals surface area contributed by atoms with Crippen LogP contribution in [0, 0.1) is 22.7 Å². The highest BCUT2D eigenvalue weighted by atomic mass is 16.3. The number of carbonyl (C=O) groups is 1. The zero-order valence-corrected chi connectivity index (χ0v) is 14.8. The molecule has 0 aromatic heterocycles. The van der Waals surface area contributed by atoms with Crippen LogP contribution < -0.4 is 0 Å². The van der Waals surface area contributed by atoms with Crippen LogP contribution in [0.4, 0.5) is 0 Å². The maximum Gasteiger partial charge on any atom is 0.148 e. The highest BCUT2D eigenvalue weighted by Gasteiger charge is 2.53. The molecule has 2 rings (SSSR count). The second kappa shape index (κ2) is 6.90. The summed E-state index contributed by atoms with van der Waals surface area (Å²) in [7, 11) is 0. The van der Waals surface area contributed by atoms with E-state index in [1.807, 2.05) is 0 Å². The summed E-state index contributed by atoms with van der Waals surface area (Å²) in [5.74, 6) is 0.867. The van der Waals surface area contributed by atoms with Crippen molar-refractivity contribution in [2.24, 2.45) is 22.7 Å². The van der Waals surface area contributed by atoms with E-state index >= 15 is 0 Å².